The minimum atomic E-state index is -0.353. The quantitative estimate of drug-likeness (QED) is 0.740. The van der Waals surface area contributed by atoms with Crippen LogP contribution < -0.4 is 4.74 Å². The first-order valence-corrected chi connectivity index (χ1v) is 7.11. The van der Waals surface area contributed by atoms with Crippen LogP contribution in [-0.2, 0) is 4.79 Å². The fourth-order valence-electron chi connectivity index (χ4n) is 2.02. The number of halogens is 2. The van der Waals surface area contributed by atoms with Gasteiger partial charge in [0, 0.05) is 11.0 Å². The van der Waals surface area contributed by atoms with Gasteiger partial charge in [-0.2, -0.15) is 0 Å². The third kappa shape index (κ3) is 3.37. The van der Waals surface area contributed by atoms with E-state index in [9.17, 15) is 9.18 Å². The monoisotopic (exact) mass is 338 g/mol. The van der Waals surface area contributed by atoms with E-state index in [-0.39, 0.29) is 17.0 Å². The van der Waals surface area contributed by atoms with Crippen LogP contribution in [0.25, 0.3) is 5.57 Å². The molecule has 1 aliphatic rings. The Hall–Kier alpha value is -1.42. The first kappa shape index (κ1) is 15.0. The summed E-state index contributed by atoms with van der Waals surface area (Å²) >= 11 is 3.16. The zero-order valence-corrected chi connectivity index (χ0v) is 13.3. The van der Waals surface area contributed by atoms with E-state index in [4.69, 9.17) is 4.74 Å². The highest BCUT2D eigenvalue weighted by Crippen LogP contribution is 2.38. The molecule has 20 heavy (non-hydrogen) atoms. The molecule has 0 spiro atoms. The second-order valence-electron chi connectivity index (χ2n) is 5.58. The molecule has 106 valence electrons. The van der Waals surface area contributed by atoms with E-state index >= 15 is 0 Å². The Balaban J connectivity index is 2.58. The number of allylic oxidation sites excluding steroid dienone is 3. The van der Waals surface area contributed by atoms with Crippen molar-refractivity contribution in [3.8, 4) is 5.75 Å². The van der Waals surface area contributed by atoms with Crippen molar-refractivity contribution in [1.82, 2.24) is 0 Å². The summed E-state index contributed by atoms with van der Waals surface area (Å²) in [6, 6.07) is 3.05. The van der Waals surface area contributed by atoms with Gasteiger partial charge in [-0.25, -0.2) is 4.39 Å². The second-order valence-corrected chi connectivity index (χ2v) is 6.44. The third-order valence-corrected chi connectivity index (χ3v) is 3.58. The molecule has 0 unspecified atom stereocenters. The summed E-state index contributed by atoms with van der Waals surface area (Å²) in [6.45, 7) is 6.05. The van der Waals surface area contributed by atoms with Crippen molar-refractivity contribution in [1.29, 1.82) is 0 Å². The molecule has 0 bridgehead atoms. The molecule has 0 N–H and O–H groups in total. The van der Waals surface area contributed by atoms with Crippen LogP contribution in [0, 0.1) is 11.2 Å². The Labute approximate surface area is 126 Å². The summed E-state index contributed by atoms with van der Waals surface area (Å²) < 4.78 is 19.9. The average Bonchev–Trinajstić information content (AvgIpc) is 2.46. The van der Waals surface area contributed by atoms with Crippen LogP contribution in [0.5, 0.6) is 5.75 Å². The lowest BCUT2D eigenvalue weighted by molar-refractivity contribution is -0.112. The highest BCUT2D eigenvalue weighted by atomic mass is 79.9. The standard InChI is InChI=1S/C16H16BrFO2/c1-10(19)4-5-11-8-16(2,3)9-20-15-7-13(17)14(18)6-12(11)15/h4-8H,9H2,1-3H3. The minimum Gasteiger partial charge on any atom is -0.492 e. The summed E-state index contributed by atoms with van der Waals surface area (Å²) in [4.78, 5) is 11.1. The topological polar surface area (TPSA) is 26.3 Å². The Morgan fingerprint density at radius 1 is 1.45 bits per heavy atom. The van der Waals surface area contributed by atoms with Crippen molar-refractivity contribution >= 4 is 27.3 Å². The maximum Gasteiger partial charge on any atom is 0.152 e. The Kier molecular flexibility index (Phi) is 4.14. The van der Waals surface area contributed by atoms with Crippen molar-refractivity contribution in [3.05, 3.63) is 46.2 Å². The maximum atomic E-state index is 13.8. The van der Waals surface area contributed by atoms with Gasteiger partial charge in [0.1, 0.15) is 11.6 Å². The van der Waals surface area contributed by atoms with Crippen molar-refractivity contribution in [3.63, 3.8) is 0 Å². The highest BCUT2D eigenvalue weighted by molar-refractivity contribution is 9.10. The molecule has 0 radical (unpaired) electrons. The normalized spacial score (nSPS) is 17.1. The molecule has 0 amide bonds. The van der Waals surface area contributed by atoms with Crippen molar-refractivity contribution in [2.45, 2.75) is 20.8 Å². The fourth-order valence-corrected chi connectivity index (χ4v) is 2.35. The van der Waals surface area contributed by atoms with Crippen LogP contribution in [0.4, 0.5) is 4.39 Å². The van der Waals surface area contributed by atoms with Crippen LogP contribution in [0.2, 0.25) is 0 Å². The molecule has 0 fully saturated rings. The van der Waals surface area contributed by atoms with Crippen LogP contribution in [0.1, 0.15) is 26.3 Å². The van der Waals surface area contributed by atoms with Gasteiger partial charge in [0.15, 0.2) is 5.78 Å². The highest BCUT2D eigenvalue weighted by Gasteiger charge is 2.24. The van der Waals surface area contributed by atoms with Gasteiger partial charge in [0.2, 0.25) is 0 Å². The number of fused-ring (bicyclic) bond motifs is 1. The number of ether oxygens (including phenoxy) is 1. The van der Waals surface area contributed by atoms with Gasteiger partial charge in [-0.3, -0.25) is 4.79 Å². The van der Waals surface area contributed by atoms with Crippen molar-refractivity contribution < 1.29 is 13.9 Å². The first-order valence-electron chi connectivity index (χ1n) is 6.32. The summed E-state index contributed by atoms with van der Waals surface area (Å²) in [7, 11) is 0. The van der Waals surface area contributed by atoms with E-state index in [1.807, 2.05) is 19.9 Å². The van der Waals surface area contributed by atoms with Crippen LogP contribution in [0.3, 0.4) is 0 Å². The molecular formula is C16H16BrFO2. The predicted octanol–water partition coefficient (Wildman–Crippen LogP) is 4.54. The van der Waals surface area contributed by atoms with Gasteiger partial charge >= 0.3 is 0 Å². The van der Waals surface area contributed by atoms with E-state index in [0.717, 1.165) is 5.57 Å². The largest absolute Gasteiger partial charge is 0.492 e. The summed E-state index contributed by atoms with van der Waals surface area (Å²) in [5.41, 5.74) is 1.26. The lowest BCUT2D eigenvalue weighted by Gasteiger charge is -2.18. The van der Waals surface area contributed by atoms with Crippen LogP contribution in [-0.4, -0.2) is 12.4 Å². The number of hydrogen-bond acceptors (Lipinski definition) is 2. The summed E-state index contributed by atoms with van der Waals surface area (Å²) in [6.07, 6.45) is 5.20. The Bertz CT molecular complexity index is 615. The fraction of sp³-hybridized carbons (Fsp3) is 0.312. The van der Waals surface area contributed by atoms with Crippen molar-refractivity contribution in [2.75, 3.05) is 6.61 Å². The van der Waals surface area contributed by atoms with Gasteiger partial charge in [-0.15, -0.1) is 0 Å². The molecule has 0 atom stereocenters. The summed E-state index contributed by atoms with van der Waals surface area (Å²) in [5.74, 6) is 0.213. The van der Waals surface area contributed by atoms with E-state index in [1.165, 1.54) is 19.1 Å². The van der Waals surface area contributed by atoms with Gasteiger partial charge < -0.3 is 4.74 Å². The number of benzene rings is 1. The molecule has 0 aromatic heterocycles. The van der Waals surface area contributed by atoms with Gasteiger partial charge in [0.05, 0.1) is 11.1 Å². The molecule has 0 saturated carbocycles. The zero-order valence-electron chi connectivity index (χ0n) is 11.7. The molecule has 4 heteroatoms. The van der Waals surface area contributed by atoms with Gasteiger partial charge in [0.25, 0.3) is 0 Å². The van der Waals surface area contributed by atoms with Crippen LogP contribution in [0.15, 0.2) is 34.8 Å². The van der Waals surface area contributed by atoms with Crippen LogP contribution >= 0.6 is 15.9 Å². The molecule has 1 aromatic carbocycles. The minimum absolute atomic E-state index is 0.0481. The lowest BCUT2D eigenvalue weighted by atomic mass is 9.90. The van der Waals surface area contributed by atoms with E-state index in [2.05, 4.69) is 15.9 Å². The molecule has 2 nitrogen and oxygen atoms in total. The Morgan fingerprint density at radius 3 is 2.80 bits per heavy atom. The number of carbonyl (C=O) groups is 1. The molecular weight excluding hydrogens is 323 g/mol. The number of carbonyl (C=O) groups excluding carboxylic acids is 1. The Morgan fingerprint density at radius 2 is 2.15 bits per heavy atom. The number of hydrogen-bond donors (Lipinski definition) is 0. The van der Waals surface area contributed by atoms with Gasteiger partial charge in [-0.1, -0.05) is 26.0 Å². The van der Waals surface area contributed by atoms with Gasteiger partial charge in [-0.05, 0) is 46.6 Å². The van der Waals surface area contributed by atoms with E-state index in [0.29, 0.717) is 22.4 Å². The molecule has 0 aliphatic carbocycles. The molecule has 2 rings (SSSR count). The maximum absolute atomic E-state index is 13.8. The smallest absolute Gasteiger partial charge is 0.152 e. The molecule has 1 aliphatic heterocycles. The molecule has 0 saturated heterocycles. The number of ketones is 1. The van der Waals surface area contributed by atoms with E-state index in [1.54, 1.807) is 12.1 Å². The van der Waals surface area contributed by atoms with E-state index < -0.39 is 0 Å². The first-order chi connectivity index (χ1) is 9.28. The summed E-state index contributed by atoms with van der Waals surface area (Å²) in [5, 5.41) is 0. The zero-order chi connectivity index (χ0) is 14.9. The second kappa shape index (κ2) is 5.52. The average molecular weight is 339 g/mol. The lowest BCUT2D eigenvalue weighted by Crippen LogP contribution is -2.17. The van der Waals surface area contributed by atoms with Crippen molar-refractivity contribution in [2.24, 2.45) is 5.41 Å². The molecule has 1 aromatic rings. The number of rotatable bonds is 2. The third-order valence-electron chi connectivity index (χ3n) is 2.98. The predicted molar refractivity (Wildman–Crippen MR) is 81.2 cm³/mol. The SMILES string of the molecule is CC(=O)C=CC1=CC(C)(C)COc2cc(Br)c(F)cc21. The molecule has 1 heterocycles.